The van der Waals surface area contributed by atoms with Gasteiger partial charge in [0.2, 0.25) is 5.95 Å². The number of halogens is 1. The first-order chi connectivity index (χ1) is 6.65. The fourth-order valence-electron chi connectivity index (χ4n) is 0.835. The van der Waals surface area contributed by atoms with E-state index in [9.17, 15) is 9.18 Å². The third kappa shape index (κ3) is 2.29. The Morgan fingerprint density at radius 1 is 1.71 bits per heavy atom. The van der Waals surface area contributed by atoms with Gasteiger partial charge >= 0.3 is 5.97 Å². The molecular weight excluding hydrogens is 187 g/mol. The number of carbonyl (C=O) groups is 1. The number of anilines is 1. The number of rotatable bonds is 3. The molecule has 0 aromatic carbocycles. The molecule has 4 nitrogen and oxygen atoms in total. The van der Waals surface area contributed by atoms with E-state index in [1.807, 2.05) is 0 Å². The van der Waals surface area contributed by atoms with E-state index < -0.39 is 11.9 Å². The Kier molecular flexibility index (Phi) is 3.17. The molecule has 0 amide bonds. The highest BCUT2D eigenvalue weighted by molar-refractivity contribution is 5.93. The molecule has 0 aliphatic carbocycles. The van der Waals surface area contributed by atoms with E-state index in [2.05, 4.69) is 11.6 Å². The second kappa shape index (κ2) is 4.36. The van der Waals surface area contributed by atoms with E-state index in [1.165, 1.54) is 12.1 Å². The summed E-state index contributed by atoms with van der Waals surface area (Å²) in [5.74, 6) is -1.56. The fourth-order valence-corrected chi connectivity index (χ4v) is 0.835. The van der Waals surface area contributed by atoms with Crippen molar-refractivity contribution in [3.8, 4) is 0 Å². The third-order valence-corrected chi connectivity index (χ3v) is 1.44. The Labute approximate surface area is 80.2 Å². The van der Waals surface area contributed by atoms with E-state index in [4.69, 9.17) is 10.5 Å². The molecule has 1 aromatic rings. The van der Waals surface area contributed by atoms with Crippen molar-refractivity contribution in [2.75, 3.05) is 12.3 Å². The molecule has 0 aliphatic heterocycles. The number of ether oxygens (including phenoxy) is 1. The quantitative estimate of drug-likeness (QED) is 0.447. The summed E-state index contributed by atoms with van der Waals surface area (Å²) < 4.78 is 17.2. The fraction of sp³-hybridized carbons (Fsp3) is 0.111. The Morgan fingerprint density at radius 2 is 2.43 bits per heavy atom. The molecule has 0 atom stereocenters. The highest BCUT2D eigenvalue weighted by Crippen LogP contribution is 2.10. The van der Waals surface area contributed by atoms with Crippen molar-refractivity contribution < 1.29 is 13.9 Å². The number of pyridine rings is 1. The zero-order chi connectivity index (χ0) is 10.6. The van der Waals surface area contributed by atoms with Gasteiger partial charge in [-0.25, -0.2) is 9.78 Å². The van der Waals surface area contributed by atoms with Gasteiger partial charge in [0.05, 0.1) is 0 Å². The molecule has 2 N–H and O–H groups in total. The summed E-state index contributed by atoms with van der Waals surface area (Å²) in [6.45, 7) is 3.46. The molecule has 0 spiro atoms. The predicted molar refractivity (Wildman–Crippen MR) is 49.1 cm³/mol. The number of hydrogen-bond acceptors (Lipinski definition) is 4. The van der Waals surface area contributed by atoms with Gasteiger partial charge in [0.15, 0.2) is 0 Å². The normalized spacial score (nSPS) is 9.50. The van der Waals surface area contributed by atoms with Crippen molar-refractivity contribution in [2.24, 2.45) is 0 Å². The van der Waals surface area contributed by atoms with Gasteiger partial charge in [-0.15, -0.1) is 0 Å². The Balaban J connectivity index is 2.84. The minimum Gasteiger partial charge on any atom is -0.458 e. The Morgan fingerprint density at radius 3 is 3.00 bits per heavy atom. The van der Waals surface area contributed by atoms with E-state index in [0.717, 1.165) is 6.07 Å². The highest BCUT2D eigenvalue weighted by atomic mass is 19.1. The van der Waals surface area contributed by atoms with Crippen molar-refractivity contribution in [3.63, 3.8) is 0 Å². The Bertz CT molecular complexity index is 366. The number of nitrogen functional groups attached to an aromatic ring is 1. The molecule has 14 heavy (non-hydrogen) atoms. The molecule has 0 bridgehead atoms. The molecule has 0 saturated heterocycles. The summed E-state index contributed by atoms with van der Waals surface area (Å²) in [6.07, 6.45) is 1.42. The summed E-state index contributed by atoms with van der Waals surface area (Å²) in [4.78, 5) is 14.5. The van der Waals surface area contributed by atoms with Crippen LogP contribution in [0, 0.1) is 5.95 Å². The van der Waals surface area contributed by atoms with E-state index in [1.54, 1.807) is 0 Å². The van der Waals surface area contributed by atoms with Crippen LogP contribution in [-0.4, -0.2) is 17.6 Å². The van der Waals surface area contributed by atoms with Crippen LogP contribution in [0.1, 0.15) is 10.4 Å². The van der Waals surface area contributed by atoms with Crippen LogP contribution in [-0.2, 0) is 4.74 Å². The van der Waals surface area contributed by atoms with Gasteiger partial charge in [-0.2, -0.15) is 4.39 Å². The van der Waals surface area contributed by atoms with Crippen LogP contribution in [0.15, 0.2) is 24.8 Å². The monoisotopic (exact) mass is 196 g/mol. The number of nitrogens with two attached hydrogens (primary N) is 1. The van der Waals surface area contributed by atoms with Crippen molar-refractivity contribution in [3.05, 3.63) is 36.3 Å². The smallest absolute Gasteiger partial charge is 0.342 e. The third-order valence-electron chi connectivity index (χ3n) is 1.44. The standard InChI is InChI=1S/C9H9FN2O2/c1-2-5-14-9(13)6-3-4-7(10)12-8(6)11/h2-4H,1,5H2,(H2,11,12). The van der Waals surface area contributed by atoms with Crippen molar-refractivity contribution in [2.45, 2.75) is 0 Å². The molecule has 0 saturated carbocycles. The van der Waals surface area contributed by atoms with Crippen molar-refractivity contribution in [1.29, 1.82) is 0 Å². The Hall–Kier alpha value is -1.91. The summed E-state index contributed by atoms with van der Waals surface area (Å²) in [5, 5.41) is 0. The molecule has 1 aromatic heterocycles. The lowest BCUT2D eigenvalue weighted by Gasteiger charge is -2.03. The molecule has 5 heteroatoms. The molecule has 0 unspecified atom stereocenters. The lowest BCUT2D eigenvalue weighted by Crippen LogP contribution is -2.10. The minimum absolute atomic E-state index is 0.0493. The van der Waals surface area contributed by atoms with Crippen LogP contribution in [0.2, 0.25) is 0 Å². The molecule has 0 aliphatic rings. The average molecular weight is 196 g/mol. The van der Waals surface area contributed by atoms with E-state index in [-0.39, 0.29) is 18.0 Å². The first-order valence-electron chi connectivity index (χ1n) is 3.85. The topological polar surface area (TPSA) is 65.2 Å². The number of nitrogens with zero attached hydrogens (tertiary/aromatic N) is 1. The van der Waals surface area contributed by atoms with Crippen molar-refractivity contribution >= 4 is 11.8 Å². The highest BCUT2D eigenvalue weighted by Gasteiger charge is 2.11. The SMILES string of the molecule is C=CCOC(=O)c1ccc(F)nc1N. The van der Waals surface area contributed by atoms with E-state index >= 15 is 0 Å². The first-order valence-corrected chi connectivity index (χ1v) is 3.85. The number of aromatic nitrogens is 1. The molecule has 1 rings (SSSR count). The first kappa shape index (κ1) is 10.2. The number of carbonyl (C=O) groups excluding carboxylic acids is 1. The van der Waals surface area contributed by atoms with Gasteiger partial charge in [-0.3, -0.25) is 0 Å². The van der Waals surface area contributed by atoms with Gasteiger partial charge in [0.1, 0.15) is 18.0 Å². The largest absolute Gasteiger partial charge is 0.458 e. The van der Waals surface area contributed by atoms with Crippen LogP contribution >= 0.6 is 0 Å². The van der Waals surface area contributed by atoms with E-state index in [0.29, 0.717) is 0 Å². The average Bonchev–Trinajstić information content (AvgIpc) is 2.14. The molecule has 0 fully saturated rings. The zero-order valence-corrected chi connectivity index (χ0v) is 7.37. The maximum Gasteiger partial charge on any atom is 0.342 e. The molecular formula is C9H9FN2O2. The molecule has 1 heterocycles. The number of esters is 1. The lowest BCUT2D eigenvalue weighted by molar-refractivity contribution is 0.0550. The van der Waals surface area contributed by atoms with Gasteiger partial charge in [0, 0.05) is 0 Å². The summed E-state index contributed by atoms with van der Waals surface area (Å²) >= 11 is 0. The van der Waals surface area contributed by atoms with Crippen molar-refractivity contribution in [1.82, 2.24) is 4.98 Å². The van der Waals surface area contributed by atoms with Crippen LogP contribution < -0.4 is 5.73 Å². The van der Waals surface area contributed by atoms with Crippen LogP contribution in [0.5, 0.6) is 0 Å². The van der Waals surface area contributed by atoms with Gasteiger partial charge in [0.25, 0.3) is 0 Å². The molecule has 74 valence electrons. The predicted octanol–water partition coefficient (Wildman–Crippen LogP) is 1.15. The van der Waals surface area contributed by atoms with Gasteiger partial charge < -0.3 is 10.5 Å². The molecule has 0 radical (unpaired) electrons. The summed E-state index contributed by atoms with van der Waals surface area (Å²) in [5.41, 5.74) is 5.37. The van der Waals surface area contributed by atoms with Crippen LogP contribution in [0.3, 0.4) is 0 Å². The lowest BCUT2D eigenvalue weighted by atomic mass is 10.2. The van der Waals surface area contributed by atoms with Crippen LogP contribution in [0.4, 0.5) is 10.2 Å². The minimum atomic E-state index is -0.734. The number of hydrogen-bond donors (Lipinski definition) is 1. The maximum atomic E-state index is 12.5. The zero-order valence-electron chi connectivity index (χ0n) is 7.37. The second-order valence-corrected chi connectivity index (χ2v) is 2.45. The summed E-state index contributed by atoms with van der Waals surface area (Å²) in [6, 6.07) is 2.27. The maximum absolute atomic E-state index is 12.5. The van der Waals surface area contributed by atoms with Crippen LogP contribution in [0.25, 0.3) is 0 Å². The second-order valence-electron chi connectivity index (χ2n) is 2.45. The van der Waals surface area contributed by atoms with Gasteiger partial charge in [-0.05, 0) is 12.1 Å². The van der Waals surface area contributed by atoms with Gasteiger partial charge in [-0.1, -0.05) is 12.7 Å². The summed E-state index contributed by atoms with van der Waals surface area (Å²) in [7, 11) is 0.